The van der Waals surface area contributed by atoms with Gasteiger partial charge >= 0.3 is 0 Å². The van der Waals surface area contributed by atoms with E-state index in [1.807, 2.05) is 60.0 Å². The second-order valence-corrected chi connectivity index (χ2v) is 7.88. The van der Waals surface area contributed by atoms with E-state index in [1.54, 1.807) is 11.3 Å². The van der Waals surface area contributed by atoms with E-state index in [0.29, 0.717) is 15.3 Å². The molecule has 0 radical (unpaired) electrons. The molecule has 0 unspecified atom stereocenters. The largest absolute Gasteiger partial charge is 0.291 e. The Morgan fingerprint density at radius 1 is 1.12 bits per heavy atom. The molecule has 118 valence electrons. The van der Waals surface area contributed by atoms with Gasteiger partial charge in [0.05, 0.1) is 4.53 Å². The number of halogens is 1. The fourth-order valence-corrected chi connectivity index (χ4v) is 3.97. The number of aromatic nitrogens is 3. The third kappa shape index (κ3) is 3.10. The fourth-order valence-electron chi connectivity index (χ4n) is 2.17. The number of nitrogens with zero attached hydrogens (tertiary/aromatic N) is 3. The maximum absolute atomic E-state index is 12.5. The predicted molar refractivity (Wildman–Crippen MR) is 103 cm³/mol. The van der Waals surface area contributed by atoms with Gasteiger partial charge in [-0.25, -0.2) is 0 Å². The number of fused-ring (bicyclic) bond motifs is 1. The van der Waals surface area contributed by atoms with Gasteiger partial charge in [0, 0.05) is 9.35 Å². The van der Waals surface area contributed by atoms with Crippen LogP contribution in [0.2, 0.25) is 0 Å². The molecule has 7 heteroatoms. The van der Waals surface area contributed by atoms with E-state index in [4.69, 9.17) is 0 Å². The maximum atomic E-state index is 12.5. The van der Waals surface area contributed by atoms with Gasteiger partial charge in [0.1, 0.15) is 0 Å². The molecule has 0 saturated heterocycles. The van der Waals surface area contributed by atoms with Crippen LogP contribution in [0.4, 0.5) is 0 Å². The predicted octanol–water partition coefficient (Wildman–Crippen LogP) is 3.69. The van der Waals surface area contributed by atoms with Gasteiger partial charge in [0.2, 0.25) is 4.96 Å². The molecular weight excluding hydrogens is 406 g/mol. The summed E-state index contributed by atoms with van der Waals surface area (Å²) >= 11 is 6.39. The van der Waals surface area contributed by atoms with Gasteiger partial charge in [0.25, 0.3) is 5.56 Å². The Morgan fingerprint density at radius 3 is 2.67 bits per heavy atom. The zero-order valence-electron chi connectivity index (χ0n) is 12.2. The van der Waals surface area contributed by atoms with E-state index in [0.717, 1.165) is 14.9 Å². The highest BCUT2D eigenvalue weighted by molar-refractivity contribution is 9.10. The normalized spacial score (nSPS) is 12.6. The van der Waals surface area contributed by atoms with Crippen molar-refractivity contribution in [3.05, 3.63) is 77.4 Å². The minimum atomic E-state index is -0.138. The Bertz CT molecular complexity index is 1130. The second kappa shape index (κ2) is 6.43. The van der Waals surface area contributed by atoms with Gasteiger partial charge in [-0.3, -0.25) is 4.79 Å². The number of thiophene rings is 1. The highest BCUT2D eigenvalue weighted by Crippen LogP contribution is 2.13. The van der Waals surface area contributed by atoms with Crippen LogP contribution in [-0.2, 0) is 0 Å². The Hall–Kier alpha value is -2.09. The number of rotatable bonds is 3. The van der Waals surface area contributed by atoms with Crippen LogP contribution in [0.25, 0.3) is 23.2 Å². The summed E-state index contributed by atoms with van der Waals surface area (Å²) in [5.74, 6) is 0.543. The van der Waals surface area contributed by atoms with Crippen molar-refractivity contribution in [3.8, 4) is 0 Å². The van der Waals surface area contributed by atoms with E-state index in [-0.39, 0.29) is 5.56 Å². The molecule has 0 aliphatic carbocycles. The third-order valence-corrected chi connectivity index (χ3v) is 5.63. The van der Waals surface area contributed by atoms with Crippen LogP contribution in [0.3, 0.4) is 0 Å². The van der Waals surface area contributed by atoms with Crippen molar-refractivity contribution in [2.24, 2.45) is 0 Å². The number of hydrogen-bond donors (Lipinski definition) is 0. The van der Waals surface area contributed by atoms with E-state index in [9.17, 15) is 4.79 Å². The minimum absolute atomic E-state index is 0.138. The number of hydrogen-bond acceptors (Lipinski definition) is 5. The lowest BCUT2D eigenvalue weighted by Gasteiger charge is -1.91. The van der Waals surface area contributed by atoms with Crippen LogP contribution < -0.4 is 10.1 Å². The van der Waals surface area contributed by atoms with E-state index in [1.165, 1.54) is 15.9 Å². The minimum Gasteiger partial charge on any atom is -0.266 e. The Balaban J connectivity index is 1.70. The lowest BCUT2D eigenvalue weighted by atomic mass is 10.2. The first-order valence-electron chi connectivity index (χ1n) is 7.07. The topological polar surface area (TPSA) is 47.3 Å². The summed E-state index contributed by atoms with van der Waals surface area (Å²) in [5.41, 5.74) is 0.832. The van der Waals surface area contributed by atoms with Crippen molar-refractivity contribution in [1.82, 2.24) is 14.6 Å². The van der Waals surface area contributed by atoms with Gasteiger partial charge in [-0.2, -0.15) is 9.50 Å². The van der Waals surface area contributed by atoms with Gasteiger partial charge in [-0.15, -0.1) is 16.4 Å². The highest BCUT2D eigenvalue weighted by Gasteiger charge is 2.08. The number of benzene rings is 1. The van der Waals surface area contributed by atoms with Gasteiger partial charge in [-0.1, -0.05) is 45.5 Å². The standard InChI is InChI=1S/C17H10BrN3OS2/c18-12-5-3-11(4-6-12)10-14-16(22)21-17(24-14)19-15(20-21)8-7-13-2-1-9-23-13/h1-10H. The Kier molecular flexibility index (Phi) is 4.13. The maximum Gasteiger partial charge on any atom is 0.291 e. The molecule has 0 N–H and O–H groups in total. The summed E-state index contributed by atoms with van der Waals surface area (Å²) in [6.45, 7) is 0. The van der Waals surface area contributed by atoms with Gasteiger partial charge in [0.15, 0.2) is 5.82 Å². The molecule has 24 heavy (non-hydrogen) atoms. The molecule has 1 aromatic carbocycles. The lowest BCUT2D eigenvalue weighted by Crippen LogP contribution is -2.23. The summed E-state index contributed by atoms with van der Waals surface area (Å²) in [6, 6.07) is 11.8. The highest BCUT2D eigenvalue weighted by atomic mass is 79.9. The van der Waals surface area contributed by atoms with Gasteiger partial charge in [-0.05, 0) is 47.4 Å². The number of thiazole rings is 1. The lowest BCUT2D eigenvalue weighted by molar-refractivity contribution is 0.925. The summed E-state index contributed by atoms with van der Waals surface area (Å²) in [5, 5.41) is 6.29. The summed E-state index contributed by atoms with van der Waals surface area (Å²) in [4.78, 5) is 18.6. The molecule has 3 heterocycles. The summed E-state index contributed by atoms with van der Waals surface area (Å²) in [6.07, 6.45) is 5.63. The van der Waals surface area contributed by atoms with Crippen molar-refractivity contribution in [1.29, 1.82) is 0 Å². The Morgan fingerprint density at radius 2 is 1.96 bits per heavy atom. The molecule has 4 nitrogen and oxygen atoms in total. The van der Waals surface area contributed by atoms with Gasteiger partial charge < -0.3 is 0 Å². The molecular formula is C17H10BrN3OS2. The molecule has 0 aliphatic heterocycles. The van der Waals surface area contributed by atoms with Crippen LogP contribution in [0.1, 0.15) is 16.3 Å². The molecule has 0 fully saturated rings. The average Bonchev–Trinajstić information content (AvgIpc) is 3.27. The van der Waals surface area contributed by atoms with Crippen molar-refractivity contribution in [2.75, 3.05) is 0 Å². The van der Waals surface area contributed by atoms with Crippen molar-refractivity contribution < 1.29 is 0 Å². The van der Waals surface area contributed by atoms with Crippen LogP contribution in [0.5, 0.6) is 0 Å². The van der Waals surface area contributed by atoms with Crippen LogP contribution >= 0.6 is 38.6 Å². The first-order chi connectivity index (χ1) is 11.7. The molecule has 0 amide bonds. The van der Waals surface area contributed by atoms with Crippen LogP contribution in [0.15, 0.2) is 51.0 Å². The summed E-state index contributed by atoms with van der Waals surface area (Å²) in [7, 11) is 0. The molecule has 0 atom stereocenters. The first kappa shape index (κ1) is 15.4. The summed E-state index contributed by atoms with van der Waals surface area (Å²) < 4.78 is 3.00. The second-order valence-electron chi connectivity index (χ2n) is 4.98. The molecule has 0 saturated carbocycles. The Labute approximate surface area is 153 Å². The van der Waals surface area contributed by atoms with Crippen molar-refractivity contribution in [2.45, 2.75) is 0 Å². The zero-order valence-corrected chi connectivity index (χ0v) is 15.4. The molecule has 4 rings (SSSR count). The molecule has 0 aliphatic rings. The third-order valence-electron chi connectivity index (χ3n) is 3.31. The monoisotopic (exact) mass is 415 g/mol. The molecule has 0 bridgehead atoms. The van der Waals surface area contributed by atoms with Crippen molar-refractivity contribution in [3.63, 3.8) is 0 Å². The van der Waals surface area contributed by atoms with E-state index >= 15 is 0 Å². The first-order valence-corrected chi connectivity index (χ1v) is 9.56. The quantitative estimate of drug-likeness (QED) is 0.512. The van der Waals surface area contributed by atoms with Crippen molar-refractivity contribution >= 4 is 61.8 Å². The molecule has 0 spiro atoms. The zero-order chi connectivity index (χ0) is 16.5. The SMILES string of the molecule is O=c1c(=Cc2ccc(Br)cc2)sc2nc(C=Cc3cccs3)nn12. The van der Waals surface area contributed by atoms with E-state index < -0.39 is 0 Å². The van der Waals surface area contributed by atoms with Crippen LogP contribution in [0, 0.1) is 0 Å². The molecule has 3 aromatic heterocycles. The van der Waals surface area contributed by atoms with Crippen LogP contribution in [-0.4, -0.2) is 14.6 Å². The fraction of sp³-hybridized carbons (Fsp3) is 0. The van der Waals surface area contributed by atoms with E-state index in [2.05, 4.69) is 26.0 Å². The average molecular weight is 416 g/mol. The smallest absolute Gasteiger partial charge is 0.266 e. The molecule has 4 aromatic rings.